The fourth-order valence-electron chi connectivity index (χ4n) is 2.98. The SMILES string of the molecule is CCC[C@@H]([C@H](O)OC(C)=O)N(Cc1ccccc1)Cc1ccccc1. The largest absolute Gasteiger partial charge is 0.434 e. The average molecular weight is 341 g/mol. The molecule has 25 heavy (non-hydrogen) atoms. The molecule has 0 saturated carbocycles. The van der Waals surface area contributed by atoms with Gasteiger partial charge in [-0.1, -0.05) is 74.0 Å². The van der Waals surface area contributed by atoms with E-state index in [0.29, 0.717) is 13.1 Å². The highest BCUT2D eigenvalue weighted by Gasteiger charge is 2.28. The summed E-state index contributed by atoms with van der Waals surface area (Å²) in [4.78, 5) is 13.5. The fraction of sp³-hybridized carbons (Fsp3) is 0.381. The molecule has 0 aliphatic heterocycles. The predicted octanol–water partition coefficient (Wildman–Crippen LogP) is 3.74. The smallest absolute Gasteiger partial charge is 0.304 e. The molecule has 2 atom stereocenters. The summed E-state index contributed by atoms with van der Waals surface area (Å²) in [5, 5.41) is 10.5. The van der Waals surface area contributed by atoms with Crippen molar-refractivity contribution in [2.75, 3.05) is 0 Å². The number of nitrogens with zero attached hydrogens (tertiary/aromatic N) is 1. The van der Waals surface area contributed by atoms with Crippen LogP contribution < -0.4 is 0 Å². The lowest BCUT2D eigenvalue weighted by molar-refractivity contribution is -0.178. The van der Waals surface area contributed by atoms with E-state index in [0.717, 1.165) is 24.0 Å². The number of carbonyl (C=O) groups is 1. The van der Waals surface area contributed by atoms with E-state index in [4.69, 9.17) is 4.74 Å². The molecule has 0 heterocycles. The topological polar surface area (TPSA) is 49.8 Å². The number of aliphatic hydroxyl groups is 1. The Morgan fingerprint density at radius 3 is 1.88 bits per heavy atom. The standard InChI is InChI=1S/C21H27NO3/c1-3-10-20(21(24)25-17(2)23)22(15-18-11-6-4-7-12-18)16-19-13-8-5-9-14-19/h4-9,11-14,20-21,24H,3,10,15-16H2,1-2H3/t20-,21+/m0/s1. The predicted molar refractivity (Wildman–Crippen MR) is 98.6 cm³/mol. The summed E-state index contributed by atoms with van der Waals surface area (Å²) in [5.74, 6) is -0.465. The first-order valence-electron chi connectivity index (χ1n) is 8.77. The highest BCUT2D eigenvalue weighted by Crippen LogP contribution is 2.20. The minimum atomic E-state index is -1.13. The Hall–Kier alpha value is -2.17. The van der Waals surface area contributed by atoms with Gasteiger partial charge < -0.3 is 9.84 Å². The van der Waals surface area contributed by atoms with E-state index >= 15 is 0 Å². The molecule has 4 heteroatoms. The Balaban J connectivity index is 2.24. The van der Waals surface area contributed by atoms with Crippen LogP contribution in [-0.2, 0) is 22.6 Å². The first-order chi connectivity index (χ1) is 12.1. The lowest BCUT2D eigenvalue weighted by Crippen LogP contribution is -2.44. The van der Waals surface area contributed by atoms with E-state index in [1.54, 1.807) is 0 Å². The minimum absolute atomic E-state index is 0.255. The van der Waals surface area contributed by atoms with E-state index in [1.807, 2.05) is 36.4 Å². The Morgan fingerprint density at radius 2 is 1.48 bits per heavy atom. The van der Waals surface area contributed by atoms with Gasteiger partial charge in [-0.15, -0.1) is 0 Å². The zero-order valence-corrected chi connectivity index (χ0v) is 15.0. The van der Waals surface area contributed by atoms with Crippen molar-refractivity contribution in [1.29, 1.82) is 0 Å². The van der Waals surface area contributed by atoms with Crippen LogP contribution in [0.4, 0.5) is 0 Å². The van der Waals surface area contributed by atoms with Crippen molar-refractivity contribution in [3.63, 3.8) is 0 Å². The van der Waals surface area contributed by atoms with E-state index in [-0.39, 0.29) is 6.04 Å². The molecule has 0 amide bonds. The number of esters is 1. The molecule has 0 aliphatic rings. The number of hydrogen-bond donors (Lipinski definition) is 1. The van der Waals surface area contributed by atoms with Gasteiger partial charge >= 0.3 is 5.97 Å². The lowest BCUT2D eigenvalue weighted by Gasteiger charge is -2.34. The zero-order chi connectivity index (χ0) is 18.1. The monoisotopic (exact) mass is 341 g/mol. The van der Waals surface area contributed by atoms with Crippen LogP contribution in [0.3, 0.4) is 0 Å². The quantitative estimate of drug-likeness (QED) is 0.558. The van der Waals surface area contributed by atoms with Crippen LogP contribution in [-0.4, -0.2) is 28.3 Å². The van der Waals surface area contributed by atoms with E-state index in [9.17, 15) is 9.90 Å². The lowest BCUT2D eigenvalue weighted by atomic mass is 10.1. The van der Waals surface area contributed by atoms with Crippen molar-refractivity contribution in [1.82, 2.24) is 4.90 Å². The summed E-state index contributed by atoms with van der Waals surface area (Å²) >= 11 is 0. The summed E-state index contributed by atoms with van der Waals surface area (Å²) in [6.07, 6.45) is 0.502. The van der Waals surface area contributed by atoms with Gasteiger partial charge in [0.25, 0.3) is 0 Å². The average Bonchev–Trinajstić information content (AvgIpc) is 2.60. The molecule has 2 rings (SSSR count). The molecule has 0 aliphatic carbocycles. The fourth-order valence-corrected chi connectivity index (χ4v) is 2.98. The zero-order valence-electron chi connectivity index (χ0n) is 15.0. The van der Waals surface area contributed by atoms with Crippen molar-refractivity contribution in [3.8, 4) is 0 Å². The summed E-state index contributed by atoms with van der Waals surface area (Å²) in [5.41, 5.74) is 2.32. The van der Waals surface area contributed by atoms with Gasteiger partial charge in [-0.05, 0) is 17.5 Å². The summed E-state index contributed by atoms with van der Waals surface area (Å²) < 4.78 is 5.10. The third-order valence-electron chi connectivity index (χ3n) is 4.13. The third kappa shape index (κ3) is 6.33. The Bertz CT molecular complexity index is 589. The molecule has 0 fully saturated rings. The van der Waals surface area contributed by atoms with Crippen molar-refractivity contribution in [2.24, 2.45) is 0 Å². The second-order valence-corrected chi connectivity index (χ2v) is 6.23. The van der Waals surface area contributed by atoms with Crippen LogP contribution in [0.25, 0.3) is 0 Å². The number of rotatable bonds is 9. The van der Waals surface area contributed by atoms with Crippen LogP contribution in [0.5, 0.6) is 0 Å². The van der Waals surface area contributed by atoms with Gasteiger partial charge in [0, 0.05) is 20.0 Å². The summed E-state index contributed by atoms with van der Waals surface area (Å²) in [7, 11) is 0. The van der Waals surface area contributed by atoms with Gasteiger partial charge in [0.15, 0.2) is 0 Å². The third-order valence-corrected chi connectivity index (χ3v) is 4.13. The van der Waals surface area contributed by atoms with Crippen LogP contribution in [0.15, 0.2) is 60.7 Å². The molecular formula is C21H27NO3. The minimum Gasteiger partial charge on any atom is -0.434 e. The van der Waals surface area contributed by atoms with Crippen molar-refractivity contribution in [3.05, 3.63) is 71.8 Å². The van der Waals surface area contributed by atoms with Crippen LogP contribution in [0.1, 0.15) is 37.8 Å². The molecule has 2 aromatic carbocycles. The maximum atomic E-state index is 11.3. The molecule has 0 unspecified atom stereocenters. The maximum Gasteiger partial charge on any atom is 0.304 e. The number of carbonyl (C=O) groups excluding carboxylic acids is 1. The van der Waals surface area contributed by atoms with Crippen LogP contribution >= 0.6 is 0 Å². The number of ether oxygens (including phenoxy) is 1. The van der Waals surface area contributed by atoms with E-state index in [2.05, 4.69) is 36.1 Å². The molecule has 0 bridgehead atoms. The molecule has 0 radical (unpaired) electrons. The van der Waals surface area contributed by atoms with Crippen molar-refractivity contribution < 1.29 is 14.6 Å². The Labute approximate surface area is 150 Å². The highest BCUT2D eigenvalue weighted by atomic mass is 16.6. The van der Waals surface area contributed by atoms with Gasteiger partial charge in [0.2, 0.25) is 6.29 Å². The van der Waals surface area contributed by atoms with Gasteiger partial charge in [-0.2, -0.15) is 0 Å². The molecule has 4 nitrogen and oxygen atoms in total. The van der Waals surface area contributed by atoms with Crippen LogP contribution in [0.2, 0.25) is 0 Å². The number of hydrogen-bond acceptors (Lipinski definition) is 4. The van der Waals surface area contributed by atoms with E-state index < -0.39 is 12.3 Å². The highest BCUT2D eigenvalue weighted by molar-refractivity contribution is 5.66. The molecule has 0 saturated heterocycles. The second-order valence-electron chi connectivity index (χ2n) is 6.23. The molecule has 2 aromatic rings. The normalized spacial score (nSPS) is 13.4. The Morgan fingerprint density at radius 1 is 1.00 bits per heavy atom. The van der Waals surface area contributed by atoms with E-state index in [1.165, 1.54) is 6.92 Å². The molecular weight excluding hydrogens is 314 g/mol. The van der Waals surface area contributed by atoms with Gasteiger partial charge in [0.05, 0.1) is 6.04 Å². The summed E-state index contributed by atoms with van der Waals surface area (Å²) in [6, 6.07) is 20.0. The number of aliphatic hydroxyl groups excluding tert-OH is 1. The molecule has 1 N–H and O–H groups in total. The second kappa shape index (κ2) is 9.97. The molecule has 0 aromatic heterocycles. The molecule has 134 valence electrons. The van der Waals surface area contributed by atoms with Crippen molar-refractivity contribution in [2.45, 2.75) is 52.1 Å². The Kier molecular flexibility index (Phi) is 7.64. The van der Waals surface area contributed by atoms with Gasteiger partial charge in [0.1, 0.15) is 0 Å². The first kappa shape index (κ1) is 19.2. The molecule has 0 spiro atoms. The maximum absolute atomic E-state index is 11.3. The van der Waals surface area contributed by atoms with Gasteiger partial charge in [-0.25, -0.2) is 0 Å². The first-order valence-corrected chi connectivity index (χ1v) is 8.77. The number of benzene rings is 2. The summed E-state index contributed by atoms with van der Waals surface area (Å²) in [6.45, 7) is 4.75. The van der Waals surface area contributed by atoms with Crippen LogP contribution in [0, 0.1) is 0 Å². The van der Waals surface area contributed by atoms with Gasteiger partial charge in [-0.3, -0.25) is 9.69 Å². The van der Waals surface area contributed by atoms with Crippen molar-refractivity contribution >= 4 is 5.97 Å².